The van der Waals surface area contributed by atoms with Crippen LogP contribution in [0.2, 0.25) is 0 Å². The molecule has 2 aromatic carbocycles. The van der Waals surface area contributed by atoms with Gasteiger partial charge in [0.1, 0.15) is 11.6 Å². The monoisotopic (exact) mass is 621 g/mol. The SMILES string of the molecule is Cc1c(N2CCC[C@@H](C)C2)nc2ccc(Br)cc2c1C(=O)NC[C@@H](CCC(=O)O)c1ccccc1OC(F)(F)F. The first kappa shape index (κ1) is 29.6. The normalized spacial score (nSPS) is 16.6. The van der Waals surface area contributed by atoms with E-state index in [9.17, 15) is 27.9 Å². The summed E-state index contributed by atoms with van der Waals surface area (Å²) in [5.41, 5.74) is 1.96. The van der Waals surface area contributed by atoms with Gasteiger partial charge < -0.3 is 20.1 Å². The molecular formula is C29H31BrF3N3O4. The first-order valence-corrected chi connectivity index (χ1v) is 13.9. The van der Waals surface area contributed by atoms with E-state index in [2.05, 4.69) is 37.8 Å². The Morgan fingerprint density at radius 2 is 2.00 bits per heavy atom. The van der Waals surface area contributed by atoms with Crippen LogP contribution in [-0.4, -0.2) is 48.0 Å². The van der Waals surface area contributed by atoms with Gasteiger partial charge in [-0.3, -0.25) is 9.59 Å². The summed E-state index contributed by atoms with van der Waals surface area (Å²) in [6.07, 6.45) is -3.05. The zero-order valence-corrected chi connectivity index (χ0v) is 23.8. The fourth-order valence-corrected chi connectivity index (χ4v) is 5.67. The lowest BCUT2D eigenvalue weighted by atomic mass is 9.92. The van der Waals surface area contributed by atoms with Gasteiger partial charge in [0.25, 0.3) is 5.91 Å². The minimum Gasteiger partial charge on any atom is -0.481 e. The average molecular weight is 622 g/mol. The summed E-state index contributed by atoms with van der Waals surface area (Å²) in [7, 11) is 0. The number of anilines is 1. The summed E-state index contributed by atoms with van der Waals surface area (Å²) in [5, 5.41) is 12.8. The number of nitrogens with zero attached hydrogens (tertiary/aromatic N) is 2. The Bertz CT molecular complexity index is 1400. The van der Waals surface area contributed by atoms with Crippen LogP contribution in [0.4, 0.5) is 19.0 Å². The summed E-state index contributed by atoms with van der Waals surface area (Å²) >= 11 is 3.47. The molecule has 1 aliphatic heterocycles. The first-order valence-electron chi connectivity index (χ1n) is 13.1. The maximum absolute atomic E-state index is 13.8. The summed E-state index contributed by atoms with van der Waals surface area (Å²) in [5.74, 6) is -1.44. The molecule has 1 aliphatic rings. The van der Waals surface area contributed by atoms with Crippen LogP contribution in [0.15, 0.2) is 46.9 Å². The number of rotatable bonds is 9. The van der Waals surface area contributed by atoms with Gasteiger partial charge >= 0.3 is 12.3 Å². The van der Waals surface area contributed by atoms with Gasteiger partial charge in [0, 0.05) is 47.4 Å². The molecule has 214 valence electrons. The molecule has 40 heavy (non-hydrogen) atoms. The molecule has 0 spiro atoms. The fraction of sp³-hybridized carbons (Fsp3) is 0.414. The summed E-state index contributed by atoms with van der Waals surface area (Å²) in [4.78, 5) is 32.2. The highest BCUT2D eigenvalue weighted by atomic mass is 79.9. The number of aliphatic carboxylic acids is 1. The fourth-order valence-electron chi connectivity index (χ4n) is 5.30. The number of piperidine rings is 1. The van der Waals surface area contributed by atoms with Crippen LogP contribution in [0.5, 0.6) is 5.75 Å². The number of alkyl halides is 3. The number of para-hydroxylation sites is 1. The Morgan fingerprint density at radius 3 is 2.70 bits per heavy atom. The standard InChI is InChI=1S/C29H31BrF3N3O4/c1-17-6-5-13-36(16-17)27-18(2)26(22-14-20(30)10-11-23(22)35-27)28(39)34-15-19(9-12-25(37)38)21-7-3-4-8-24(21)40-29(31,32)33/h3-4,7-8,10-11,14,17,19H,5-6,9,12-13,15-16H2,1-2H3,(H,34,39)(H,37,38)/t17-,19-/m1/s1. The van der Waals surface area contributed by atoms with Gasteiger partial charge in [-0.1, -0.05) is 41.1 Å². The topological polar surface area (TPSA) is 91.8 Å². The highest BCUT2D eigenvalue weighted by Gasteiger charge is 2.33. The Balaban J connectivity index is 1.68. The predicted octanol–water partition coefficient (Wildman–Crippen LogP) is 6.82. The number of hydrogen-bond donors (Lipinski definition) is 2. The molecule has 0 bridgehead atoms. The van der Waals surface area contributed by atoms with Crippen molar-refractivity contribution in [2.75, 3.05) is 24.5 Å². The van der Waals surface area contributed by atoms with E-state index in [1.165, 1.54) is 18.2 Å². The van der Waals surface area contributed by atoms with Crippen molar-refractivity contribution in [3.63, 3.8) is 0 Å². The number of halogens is 4. The first-order chi connectivity index (χ1) is 18.9. The maximum atomic E-state index is 13.8. The molecule has 0 saturated carbocycles. The van der Waals surface area contributed by atoms with E-state index in [-0.39, 0.29) is 24.9 Å². The molecule has 2 N–H and O–H groups in total. The van der Waals surface area contributed by atoms with Crippen LogP contribution in [0.3, 0.4) is 0 Å². The van der Waals surface area contributed by atoms with Crippen molar-refractivity contribution in [1.29, 1.82) is 0 Å². The van der Waals surface area contributed by atoms with Crippen molar-refractivity contribution < 1.29 is 32.6 Å². The molecule has 2 atom stereocenters. The van der Waals surface area contributed by atoms with Gasteiger partial charge in [0.15, 0.2) is 0 Å². The second kappa shape index (κ2) is 12.4. The Labute approximate surface area is 238 Å². The second-order valence-electron chi connectivity index (χ2n) is 10.2. The smallest absolute Gasteiger partial charge is 0.481 e. The highest BCUT2D eigenvalue weighted by molar-refractivity contribution is 9.10. The van der Waals surface area contributed by atoms with Gasteiger partial charge in [-0.2, -0.15) is 0 Å². The van der Waals surface area contributed by atoms with Crippen LogP contribution in [0.1, 0.15) is 60.0 Å². The molecule has 1 aromatic heterocycles. The molecule has 0 aliphatic carbocycles. The average Bonchev–Trinajstić information content (AvgIpc) is 2.88. The van der Waals surface area contributed by atoms with E-state index in [1.807, 2.05) is 25.1 Å². The van der Waals surface area contributed by atoms with Crippen molar-refractivity contribution in [3.05, 3.63) is 63.6 Å². The van der Waals surface area contributed by atoms with Crippen molar-refractivity contribution in [3.8, 4) is 5.75 Å². The second-order valence-corrected chi connectivity index (χ2v) is 11.1. The molecule has 7 nitrogen and oxygen atoms in total. The molecule has 1 amide bonds. The van der Waals surface area contributed by atoms with Crippen LogP contribution in [-0.2, 0) is 4.79 Å². The molecule has 0 radical (unpaired) electrons. The number of carboxylic acids is 1. The lowest BCUT2D eigenvalue weighted by Gasteiger charge is -2.33. The number of carboxylic acid groups (broad SMARTS) is 1. The van der Waals surface area contributed by atoms with Crippen molar-refractivity contribution in [2.45, 2.75) is 51.8 Å². The van der Waals surface area contributed by atoms with E-state index >= 15 is 0 Å². The summed E-state index contributed by atoms with van der Waals surface area (Å²) in [6.45, 7) is 5.60. The summed E-state index contributed by atoms with van der Waals surface area (Å²) in [6, 6.07) is 11.1. The van der Waals surface area contributed by atoms with E-state index < -0.39 is 29.9 Å². The quantitative estimate of drug-likeness (QED) is 0.272. The number of hydrogen-bond acceptors (Lipinski definition) is 5. The third-order valence-corrected chi connectivity index (χ3v) is 7.64. The predicted molar refractivity (Wildman–Crippen MR) is 150 cm³/mol. The van der Waals surface area contributed by atoms with Crippen molar-refractivity contribution >= 4 is 44.5 Å². The molecule has 0 unspecified atom stereocenters. The molecule has 1 saturated heterocycles. The number of aromatic nitrogens is 1. The number of ether oxygens (including phenoxy) is 1. The Hall–Kier alpha value is -3.34. The lowest BCUT2D eigenvalue weighted by Crippen LogP contribution is -2.36. The third kappa shape index (κ3) is 7.24. The largest absolute Gasteiger partial charge is 0.573 e. The van der Waals surface area contributed by atoms with E-state index in [0.717, 1.165) is 36.2 Å². The Kier molecular flexibility index (Phi) is 9.22. The molecule has 4 rings (SSSR count). The van der Waals surface area contributed by atoms with Gasteiger partial charge in [0.2, 0.25) is 0 Å². The molecule has 3 aromatic rings. The number of pyridine rings is 1. The maximum Gasteiger partial charge on any atom is 0.573 e. The van der Waals surface area contributed by atoms with Crippen molar-refractivity contribution in [1.82, 2.24) is 10.3 Å². The van der Waals surface area contributed by atoms with Crippen LogP contribution in [0.25, 0.3) is 10.9 Å². The van der Waals surface area contributed by atoms with Gasteiger partial charge in [-0.25, -0.2) is 4.98 Å². The minimum absolute atomic E-state index is 0.00633. The molecule has 1 fully saturated rings. The number of carbonyl (C=O) groups excluding carboxylic acids is 1. The van der Waals surface area contributed by atoms with Crippen molar-refractivity contribution in [2.24, 2.45) is 5.92 Å². The number of nitrogens with one attached hydrogen (secondary N) is 1. The van der Waals surface area contributed by atoms with Gasteiger partial charge in [-0.15, -0.1) is 13.2 Å². The van der Waals surface area contributed by atoms with Gasteiger partial charge in [-0.05, 0) is 61.9 Å². The molecule has 11 heteroatoms. The summed E-state index contributed by atoms with van der Waals surface area (Å²) < 4.78 is 44.2. The van der Waals surface area contributed by atoms with Gasteiger partial charge in [0.05, 0.1) is 11.1 Å². The van der Waals surface area contributed by atoms with E-state index in [1.54, 1.807) is 6.07 Å². The number of carbonyl (C=O) groups is 2. The molecule has 2 heterocycles. The van der Waals surface area contributed by atoms with Crippen LogP contribution in [0, 0.1) is 12.8 Å². The zero-order chi connectivity index (χ0) is 29.0. The lowest BCUT2D eigenvalue weighted by molar-refractivity contribution is -0.275. The highest BCUT2D eigenvalue weighted by Crippen LogP contribution is 2.35. The Morgan fingerprint density at radius 1 is 1.25 bits per heavy atom. The van der Waals surface area contributed by atoms with Crippen LogP contribution >= 0.6 is 15.9 Å². The minimum atomic E-state index is -4.92. The molecular weight excluding hydrogens is 591 g/mol. The third-order valence-electron chi connectivity index (χ3n) is 7.15. The van der Waals surface area contributed by atoms with E-state index in [4.69, 9.17) is 4.98 Å². The zero-order valence-electron chi connectivity index (χ0n) is 22.2. The van der Waals surface area contributed by atoms with E-state index in [0.29, 0.717) is 27.9 Å². The number of amides is 1. The number of fused-ring (bicyclic) bond motifs is 1. The van der Waals surface area contributed by atoms with Crippen LogP contribution < -0.4 is 15.0 Å². The number of benzene rings is 2.